The maximum atomic E-state index is 4.71. The van der Waals surface area contributed by atoms with Crippen LogP contribution in [0, 0.1) is 19.8 Å². The quantitative estimate of drug-likeness (QED) is 0.770. The molecule has 0 atom stereocenters. The first-order valence-corrected chi connectivity index (χ1v) is 8.79. The van der Waals surface area contributed by atoms with Gasteiger partial charge in [0.1, 0.15) is 0 Å². The third kappa shape index (κ3) is 3.55. The first-order valence-electron chi connectivity index (χ1n) is 7.97. The summed E-state index contributed by atoms with van der Waals surface area (Å²) in [5, 5.41) is 5.45. The molecule has 0 spiro atoms. The predicted octanol–water partition coefficient (Wildman–Crippen LogP) is 5.40. The molecular formula is C18H23N3S. The van der Waals surface area contributed by atoms with Gasteiger partial charge in [-0.05, 0) is 45.4 Å². The lowest BCUT2D eigenvalue weighted by molar-refractivity contribution is 0.483. The van der Waals surface area contributed by atoms with Crippen molar-refractivity contribution in [2.45, 2.75) is 46.5 Å². The van der Waals surface area contributed by atoms with Crippen molar-refractivity contribution >= 4 is 22.2 Å². The molecule has 1 saturated carbocycles. The molecule has 3 rings (SSSR count). The Labute approximate surface area is 136 Å². The van der Waals surface area contributed by atoms with Gasteiger partial charge in [0, 0.05) is 16.2 Å². The topological polar surface area (TPSA) is 37.3 Å². The van der Waals surface area contributed by atoms with Crippen molar-refractivity contribution in [1.29, 1.82) is 0 Å². The molecule has 0 amide bonds. The second-order valence-electron chi connectivity index (χ2n) is 6.26. The number of aromatic nitrogens is 1. The van der Waals surface area contributed by atoms with Gasteiger partial charge < -0.3 is 0 Å². The summed E-state index contributed by atoms with van der Waals surface area (Å²) in [5.74, 6) is 0.842. The van der Waals surface area contributed by atoms with Gasteiger partial charge >= 0.3 is 0 Å². The molecule has 1 aromatic heterocycles. The van der Waals surface area contributed by atoms with E-state index in [-0.39, 0.29) is 0 Å². The smallest absolute Gasteiger partial charge is 0.204 e. The Morgan fingerprint density at radius 1 is 1.14 bits per heavy atom. The van der Waals surface area contributed by atoms with E-state index in [1.54, 1.807) is 11.3 Å². The number of rotatable bonds is 3. The number of nitrogens with one attached hydrogen (secondary N) is 1. The Kier molecular flexibility index (Phi) is 4.57. The molecule has 2 aromatic rings. The van der Waals surface area contributed by atoms with Crippen LogP contribution in [-0.4, -0.2) is 10.7 Å². The van der Waals surface area contributed by atoms with Crippen LogP contribution in [0.25, 0.3) is 11.3 Å². The summed E-state index contributed by atoms with van der Waals surface area (Å²) >= 11 is 1.67. The molecule has 0 aliphatic heterocycles. The van der Waals surface area contributed by atoms with Crippen LogP contribution in [0.1, 0.15) is 43.0 Å². The second-order valence-corrected chi connectivity index (χ2v) is 7.47. The number of anilines is 1. The molecule has 1 N–H and O–H groups in total. The number of hydrogen-bond acceptors (Lipinski definition) is 4. The van der Waals surface area contributed by atoms with Crippen LogP contribution < -0.4 is 5.43 Å². The minimum atomic E-state index is 0.842. The second kappa shape index (κ2) is 6.61. The minimum absolute atomic E-state index is 0.842. The summed E-state index contributed by atoms with van der Waals surface area (Å²) in [4.78, 5) is 5.94. The van der Waals surface area contributed by atoms with Crippen molar-refractivity contribution in [3.63, 3.8) is 0 Å². The molecule has 0 bridgehead atoms. The maximum absolute atomic E-state index is 4.71. The van der Waals surface area contributed by atoms with Crippen LogP contribution >= 0.6 is 11.3 Å². The molecule has 116 valence electrons. The molecule has 1 fully saturated rings. The largest absolute Gasteiger partial charge is 0.253 e. The summed E-state index contributed by atoms with van der Waals surface area (Å²) in [6.07, 6.45) is 4.74. The summed E-state index contributed by atoms with van der Waals surface area (Å²) in [7, 11) is 0. The minimum Gasteiger partial charge on any atom is -0.253 e. The number of hydrogen-bond donors (Lipinski definition) is 1. The monoisotopic (exact) mass is 313 g/mol. The van der Waals surface area contributed by atoms with Gasteiger partial charge in [-0.2, -0.15) is 5.10 Å². The standard InChI is InChI=1S/C18H23N3S/c1-12-4-8-15(9-5-12)17-14(3)22-18(19-17)21-20-16-10-6-13(2)7-11-16/h4-5,8-9,13H,6-7,10-11H2,1-3H3,(H,19,21). The van der Waals surface area contributed by atoms with E-state index < -0.39 is 0 Å². The van der Waals surface area contributed by atoms with Crippen LogP contribution in [0.3, 0.4) is 0 Å². The number of hydrazone groups is 1. The van der Waals surface area contributed by atoms with Crippen molar-refractivity contribution in [3.05, 3.63) is 34.7 Å². The number of thiazole rings is 1. The summed E-state index contributed by atoms with van der Waals surface area (Å²) in [6.45, 7) is 6.54. The van der Waals surface area contributed by atoms with E-state index in [9.17, 15) is 0 Å². The van der Waals surface area contributed by atoms with Gasteiger partial charge in [-0.3, -0.25) is 5.43 Å². The molecule has 0 radical (unpaired) electrons. The lowest BCUT2D eigenvalue weighted by Crippen LogP contribution is -2.12. The van der Waals surface area contributed by atoms with E-state index >= 15 is 0 Å². The van der Waals surface area contributed by atoms with Crippen molar-refractivity contribution in [3.8, 4) is 11.3 Å². The van der Waals surface area contributed by atoms with Crippen LogP contribution in [0.5, 0.6) is 0 Å². The number of benzene rings is 1. The molecule has 3 nitrogen and oxygen atoms in total. The van der Waals surface area contributed by atoms with Gasteiger partial charge in [-0.1, -0.05) is 36.8 Å². The fraction of sp³-hybridized carbons (Fsp3) is 0.444. The third-order valence-electron chi connectivity index (χ3n) is 4.28. The highest BCUT2D eigenvalue weighted by molar-refractivity contribution is 7.15. The van der Waals surface area contributed by atoms with Gasteiger partial charge in [0.2, 0.25) is 5.13 Å². The molecular weight excluding hydrogens is 290 g/mol. The van der Waals surface area contributed by atoms with Gasteiger partial charge in [0.25, 0.3) is 0 Å². The Morgan fingerprint density at radius 3 is 2.50 bits per heavy atom. The molecule has 1 aliphatic carbocycles. The van der Waals surface area contributed by atoms with Gasteiger partial charge in [0.15, 0.2) is 0 Å². The SMILES string of the molecule is Cc1ccc(-c2nc(NN=C3CCC(C)CC3)sc2C)cc1. The van der Waals surface area contributed by atoms with Gasteiger partial charge in [-0.25, -0.2) is 4.98 Å². The zero-order valence-corrected chi connectivity index (χ0v) is 14.3. The summed E-state index contributed by atoms with van der Waals surface area (Å²) in [5.41, 5.74) is 7.95. The average molecular weight is 313 g/mol. The first kappa shape index (κ1) is 15.2. The molecule has 22 heavy (non-hydrogen) atoms. The Balaban J connectivity index is 1.72. The Bertz CT molecular complexity index is 660. The third-order valence-corrected chi connectivity index (χ3v) is 5.16. The highest BCUT2D eigenvalue weighted by atomic mass is 32.1. The van der Waals surface area contributed by atoms with E-state index in [2.05, 4.69) is 55.6 Å². The highest BCUT2D eigenvalue weighted by Crippen LogP contribution is 2.30. The number of nitrogens with zero attached hydrogens (tertiary/aromatic N) is 2. The van der Waals surface area contributed by atoms with E-state index in [4.69, 9.17) is 4.98 Å². The fourth-order valence-electron chi connectivity index (χ4n) is 2.76. The Morgan fingerprint density at radius 2 is 1.82 bits per heavy atom. The molecule has 0 unspecified atom stereocenters. The first-order chi connectivity index (χ1) is 10.6. The molecule has 1 heterocycles. The molecule has 1 aromatic carbocycles. The zero-order valence-electron chi connectivity index (χ0n) is 13.5. The lowest BCUT2D eigenvalue weighted by atomic mass is 9.90. The molecule has 1 aliphatic rings. The van der Waals surface area contributed by atoms with Crippen LogP contribution in [0.15, 0.2) is 29.4 Å². The Hall–Kier alpha value is -1.68. The maximum Gasteiger partial charge on any atom is 0.204 e. The van der Waals surface area contributed by atoms with E-state index in [0.717, 1.165) is 29.6 Å². The molecule has 0 saturated heterocycles. The normalized spacial score (nSPS) is 18.3. The average Bonchev–Trinajstić information content (AvgIpc) is 2.89. The fourth-order valence-corrected chi connectivity index (χ4v) is 3.54. The van der Waals surface area contributed by atoms with E-state index in [1.807, 2.05) is 0 Å². The van der Waals surface area contributed by atoms with Crippen LogP contribution in [0.4, 0.5) is 5.13 Å². The predicted molar refractivity (Wildman–Crippen MR) is 95.7 cm³/mol. The number of aryl methyl sites for hydroxylation is 2. The summed E-state index contributed by atoms with van der Waals surface area (Å²) in [6, 6.07) is 8.53. The van der Waals surface area contributed by atoms with Crippen molar-refractivity contribution < 1.29 is 0 Å². The van der Waals surface area contributed by atoms with E-state index in [0.29, 0.717) is 0 Å². The van der Waals surface area contributed by atoms with Crippen molar-refractivity contribution in [1.82, 2.24) is 4.98 Å². The lowest BCUT2D eigenvalue weighted by Gasteiger charge is -2.18. The van der Waals surface area contributed by atoms with Gasteiger partial charge in [-0.15, -0.1) is 11.3 Å². The van der Waals surface area contributed by atoms with Crippen molar-refractivity contribution in [2.75, 3.05) is 5.43 Å². The zero-order chi connectivity index (χ0) is 15.5. The highest BCUT2D eigenvalue weighted by Gasteiger charge is 2.14. The summed E-state index contributed by atoms with van der Waals surface area (Å²) < 4.78 is 0. The van der Waals surface area contributed by atoms with Gasteiger partial charge in [0.05, 0.1) is 5.69 Å². The van der Waals surface area contributed by atoms with Crippen molar-refractivity contribution in [2.24, 2.45) is 11.0 Å². The van der Waals surface area contributed by atoms with E-state index in [1.165, 1.54) is 34.6 Å². The van der Waals surface area contributed by atoms with Crippen LogP contribution in [-0.2, 0) is 0 Å². The van der Waals surface area contributed by atoms with Crippen LogP contribution in [0.2, 0.25) is 0 Å². The molecule has 4 heteroatoms.